The number of nitrogens with zero attached hydrogens (tertiary/aromatic N) is 2. The molecule has 0 spiro atoms. The summed E-state index contributed by atoms with van der Waals surface area (Å²) in [6.45, 7) is 0. The monoisotopic (exact) mass is 739 g/mol. The average Bonchev–Trinajstić information content (AvgIpc) is 3.31. The Hall–Kier alpha value is -7.62. The Morgan fingerprint density at radius 1 is 0.362 bits per heavy atom. The van der Waals surface area contributed by atoms with E-state index in [-0.39, 0.29) is 6.17 Å². The molecule has 3 nitrogen and oxygen atoms in total. The van der Waals surface area contributed by atoms with E-state index >= 15 is 0 Å². The second kappa shape index (κ2) is 14.1. The van der Waals surface area contributed by atoms with Crippen molar-refractivity contribution in [1.29, 1.82) is 0 Å². The molecule has 11 rings (SSSR count). The predicted molar refractivity (Wildman–Crippen MR) is 245 cm³/mol. The van der Waals surface area contributed by atoms with Gasteiger partial charge in [-0.25, -0.2) is 9.98 Å². The quantitative estimate of drug-likeness (QED) is 0.134. The van der Waals surface area contributed by atoms with Crippen LogP contribution in [0.3, 0.4) is 0 Å². The molecule has 0 amide bonds. The zero-order valence-electron chi connectivity index (χ0n) is 31.7. The van der Waals surface area contributed by atoms with Crippen LogP contribution in [0, 0.1) is 0 Å². The molecule has 1 atom stereocenters. The third kappa shape index (κ3) is 5.84. The van der Waals surface area contributed by atoms with Gasteiger partial charge in [0.1, 0.15) is 12.0 Å². The highest BCUT2D eigenvalue weighted by atomic mass is 15.2. The lowest BCUT2D eigenvalue weighted by atomic mass is 9.83. The van der Waals surface area contributed by atoms with Crippen LogP contribution in [0.4, 0.5) is 0 Å². The lowest BCUT2D eigenvalue weighted by Crippen LogP contribution is -2.33. The van der Waals surface area contributed by atoms with E-state index < -0.39 is 0 Å². The molecule has 1 heterocycles. The van der Waals surface area contributed by atoms with Gasteiger partial charge < -0.3 is 5.32 Å². The van der Waals surface area contributed by atoms with Gasteiger partial charge in [-0.1, -0.05) is 206 Å². The molecule has 0 saturated carbocycles. The molecule has 0 aliphatic carbocycles. The van der Waals surface area contributed by atoms with Crippen LogP contribution in [0.1, 0.15) is 22.9 Å². The third-order valence-corrected chi connectivity index (χ3v) is 11.5. The zero-order valence-corrected chi connectivity index (χ0v) is 31.7. The fourth-order valence-corrected chi connectivity index (χ4v) is 8.77. The Kier molecular flexibility index (Phi) is 8.22. The van der Waals surface area contributed by atoms with E-state index in [2.05, 4.69) is 206 Å². The molecule has 10 aromatic rings. The third-order valence-electron chi connectivity index (χ3n) is 11.5. The molecule has 0 fully saturated rings. The van der Waals surface area contributed by atoms with Crippen LogP contribution in [0.5, 0.6) is 0 Å². The highest BCUT2D eigenvalue weighted by Gasteiger charge is 2.24. The normalized spacial score (nSPS) is 14.0. The molecular weight excluding hydrogens is 703 g/mol. The average molecular weight is 740 g/mol. The fraction of sp³-hybridized carbons (Fsp3) is 0.0182. The number of aliphatic imine (C=N–C) groups is 2. The van der Waals surface area contributed by atoms with E-state index in [0.717, 1.165) is 39.2 Å². The summed E-state index contributed by atoms with van der Waals surface area (Å²) in [4.78, 5) is 10.5. The van der Waals surface area contributed by atoms with Crippen molar-refractivity contribution in [2.24, 2.45) is 9.98 Å². The molecule has 1 unspecified atom stereocenters. The molecule has 1 aliphatic heterocycles. The number of amidine groups is 2. The molecule has 0 saturated heterocycles. The molecule has 0 radical (unpaired) electrons. The molecular formula is C55H37N3. The van der Waals surface area contributed by atoms with Gasteiger partial charge in [-0.2, -0.15) is 0 Å². The van der Waals surface area contributed by atoms with E-state index in [0.29, 0.717) is 5.84 Å². The maximum Gasteiger partial charge on any atom is 0.160 e. The van der Waals surface area contributed by atoms with Gasteiger partial charge in [-0.3, -0.25) is 0 Å². The van der Waals surface area contributed by atoms with Crippen LogP contribution >= 0.6 is 0 Å². The van der Waals surface area contributed by atoms with Crippen molar-refractivity contribution in [3.8, 4) is 33.4 Å². The van der Waals surface area contributed by atoms with Crippen molar-refractivity contribution in [2.45, 2.75) is 6.17 Å². The van der Waals surface area contributed by atoms with Crippen molar-refractivity contribution in [1.82, 2.24) is 5.32 Å². The highest BCUT2D eigenvalue weighted by molar-refractivity contribution is 6.28. The van der Waals surface area contributed by atoms with Gasteiger partial charge in [0.05, 0.1) is 0 Å². The van der Waals surface area contributed by atoms with Crippen LogP contribution in [0.25, 0.3) is 76.5 Å². The fourth-order valence-electron chi connectivity index (χ4n) is 8.77. The Labute approximate surface area is 337 Å². The first-order chi connectivity index (χ1) is 28.8. The summed E-state index contributed by atoms with van der Waals surface area (Å²) in [7, 11) is 0. The summed E-state index contributed by atoms with van der Waals surface area (Å²) in [5.41, 5.74) is 10.2. The molecule has 58 heavy (non-hydrogen) atoms. The molecule has 272 valence electrons. The van der Waals surface area contributed by atoms with Gasteiger partial charge in [0.25, 0.3) is 0 Å². The number of nitrogens with one attached hydrogen (secondary N) is 1. The number of rotatable bonds is 6. The summed E-state index contributed by atoms with van der Waals surface area (Å²) < 4.78 is 0. The Bertz CT molecular complexity index is 3240. The van der Waals surface area contributed by atoms with Crippen molar-refractivity contribution < 1.29 is 0 Å². The largest absolute Gasteiger partial charge is 0.344 e. The van der Waals surface area contributed by atoms with Gasteiger partial charge in [0.15, 0.2) is 5.84 Å². The Morgan fingerprint density at radius 2 is 0.931 bits per heavy atom. The second-order valence-electron chi connectivity index (χ2n) is 14.9. The van der Waals surface area contributed by atoms with Crippen LogP contribution in [0.15, 0.2) is 222 Å². The topological polar surface area (TPSA) is 36.8 Å². The van der Waals surface area contributed by atoms with E-state index in [4.69, 9.17) is 9.98 Å². The zero-order chi connectivity index (χ0) is 38.4. The summed E-state index contributed by atoms with van der Waals surface area (Å²) in [5, 5.41) is 13.6. The Balaban J connectivity index is 1.09. The van der Waals surface area contributed by atoms with Crippen molar-refractivity contribution >= 4 is 54.8 Å². The van der Waals surface area contributed by atoms with Crippen molar-refractivity contribution in [3.05, 3.63) is 229 Å². The van der Waals surface area contributed by atoms with Gasteiger partial charge in [0, 0.05) is 11.1 Å². The lowest BCUT2D eigenvalue weighted by Gasteiger charge is -2.24. The van der Waals surface area contributed by atoms with Crippen LogP contribution < -0.4 is 5.32 Å². The molecule has 10 aromatic carbocycles. The summed E-state index contributed by atoms with van der Waals surface area (Å²) in [6, 6.07) is 76.0. The molecule has 1 aliphatic rings. The first-order valence-electron chi connectivity index (χ1n) is 19.9. The summed E-state index contributed by atoms with van der Waals surface area (Å²) >= 11 is 0. The lowest BCUT2D eigenvalue weighted by molar-refractivity contribution is 0.674. The first-order valence-corrected chi connectivity index (χ1v) is 19.9. The summed E-state index contributed by atoms with van der Waals surface area (Å²) in [5.74, 6) is 1.50. The first kappa shape index (κ1) is 33.7. The smallest absolute Gasteiger partial charge is 0.160 e. The minimum absolute atomic E-state index is 0.297. The van der Waals surface area contributed by atoms with E-state index in [9.17, 15) is 0 Å². The van der Waals surface area contributed by atoms with Crippen molar-refractivity contribution in [2.75, 3.05) is 0 Å². The number of fused-ring (bicyclic) bond motifs is 5. The molecule has 3 heteroatoms. The maximum atomic E-state index is 5.25. The van der Waals surface area contributed by atoms with Crippen molar-refractivity contribution in [3.63, 3.8) is 0 Å². The van der Waals surface area contributed by atoms with E-state index in [1.165, 1.54) is 59.8 Å². The standard InChI is InChI=1S/C55H37N3/c1-3-16-37(17-4-1)44-22-11-14-26-48(44)55-57-53(40-19-5-2-6-20-40)56-54(58-55)41-30-28-39(29-31-41)51-47-25-13-12-24-46(47)50(43-32-27-36-15-7-8-21-42(36)35-43)49-34-33-38-18-9-10-23-45(38)52(49)51/h1-35,53H,(H,56,57,58). The minimum atomic E-state index is -0.297. The van der Waals surface area contributed by atoms with Gasteiger partial charge in [0.2, 0.25) is 0 Å². The second-order valence-corrected chi connectivity index (χ2v) is 14.9. The molecule has 0 bridgehead atoms. The minimum Gasteiger partial charge on any atom is -0.344 e. The molecule has 0 aromatic heterocycles. The highest BCUT2D eigenvalue weighted by Crippen LogP contribution is 2.46. The Morgan fingerprint density at radius 3 is 1.71 bits per heavy atom. The predicted octanol–water partition coefficient (Wildman–Crippen LogP) is 13.8. The SMILES string of the molecule is c1ccc(-c2ccccc2C2=NC(c3ccccc3)NC(c3ccc(-c4c5ccccc5c(-c5ccc6ccccc6c5)c5ccc6ccccc6c45)cc3)=N2)cc1. The van der Waals surface area contributed by atoms with Gasteiger partial charge in [-0.15, -0.1) is 0 Å². The van der Waals surface area contributed by atoms with E-state index in [1.807, 2.05) is 12.1 Å². The van der Waals surface area contributed by atoms with Crippen LogP contribution in [-0.2, 0) is 0 Å². The van der Waals surface area contributed by atoms with Gasteiger partial charge in [-0.05, 0) is 88.1 Å². The molecule has 1 N–H and O–H groups in total. The number of benzene rings is 10. The van der Waals surface area contributed by atoms with E-state index in [1.54, 1.807) is 0 Å². The van der Waals surface area contributed by atoms with Crippen LogP contribution in [-0.4, -0.2) is 11.7 Å². The van der Waals surface area contributed by atoms with Gasteiger partial charge >= 0.3 is 0 Å². The summed E-state index contributed by atoms with van der Waals surface area (Å²) in [6.07, 6.45) is -0.297. The van der Waals surface area contributed by atoms with Crippen LogP contribution in [0.2, 0.25) is 0 Å². The number of hydrogen-bond donors (Lipinski definition) is 1. The maximum absolute atomic E-state index is 5.25. The number of hydrogen-bond acceptors (Lipinski definition) is 3.